The minimum Gasteiger partial charge on any atom is -0.446 e. The maximum Gasteiger partial charge on any atom is 0.304 e. The molecular formula is C12H16O2. The monoisotopic (exact) mass is 192 g/mol. The van der Waals surface area contributed by atoms with E-state index in [-0.39, 0.29) is 5.97 Å². The number of carbonyl (C=O) groups excluding carboxylic acids is 1. The Labute approximate surface area is 85.0 Å². The first-order valence-corrected chi connectivity index (χ1v) is 5.42. The smallest absolute Gasteiger partial charge is 0.304 e. The first kappa shape index (κ1) is 9.58. The van der Waals surface area contributed by atoms with Crippen LogP contribution in [0.15, 0.2) is 0 Å². The van der Waals surface area contributed by atoms with Crippen molar-refractivity contribution in [2.24, 2.45) is 5.92 Å². The van der Waals surface area contributed by atoms with E-state index in [4.69, 9.17) is 4.74 Å². The summed E-state index contributed by atoms with van der Waals surface area (Å²) in [6.45, 7) is 1.47. The van der Waals surface area contributed by atoms with Gasteiger partial charge >= 0.3 is 5.97 Å². The topological polar surface area (TPSA) is 26.3 Å². The molecule has 14 heavy (non-hydrogen) atoms. The van der Waals surface area contributed by atoms with Gasteiger partial charge in [-0.25, -0.2) is 0 Å². The summed E-state index contributed by atoms with van der Waals surface area (Å²) >= 11 is 0. The second-order valence-corrected chi connectivity index (χ2v) is 4.34. The molecule has 76 valence electrons. The molecule has 0 aromatic carbocycles. The highest BCUT2D eigenvalue weighted by Gasteiger charge is 2.35. The van der Waals surface area contributed by atoms with E-state index in [9.17, 15) is 4.79 Å². The number of rotatable bonds is 1. The molecule has 0 aromatic heterocycles. The Hall–Kier alpha value is -0.970. The molecule has 0 saturated heterocycles. The first-order chi connectivity index (χ1) is 6.70. The molecule has 0 atom stereocenters. The Morgan fingerprint density at radius 1 is 1.36 bits per heavy atom. The van der Waals surface area contributed by atoms with E-state index in [1.54, 1.807) is 0 Å². The number of hydrogen-bond donors (Lipinski definition) is 0. The fourth-order valence-electron chi connectivity index (χ4n) is 1.94. The van der Waals surface area contributed by atoms with Crippen LogP contribution in [-0.2, 0) is 9.53 Å². The predicted molar refractivity (Wildman–Crippen MR) is 53.5 cm³/mol. The van der Waals surface area contributed by atoms with Crippen molar-refractivity contribution in [2.75, 3.05) is 0 Å². The fourth-order valence-corrected chi connectivity index (χ4v) is 1.94. The van der Waals surface area contributed by atoms with E-state index < -0.39 is 5.60 Å². The van der Waals surface area contributed by atoms with Crippen molar-refractivity contribution in [1.82, 2.24) is 0 Å². The molecule has 2 rings (SSSR count). The molecule has 0 spiro atoms. The van der Waals surface area contributed by atoms with Crippen LogP contribution in [0.5, 0.6) is 0 Å². The zero-order valence-electron chi connectivity index (χ0n) is 8.64. The molecule has 0 aromatic rings. The summed E-state index contributed by atoms with van der Waals surface area (Å²) in [6.07, 6.45) is 6.56. The Kier molecular flexibility index (Phi) is 2.50. The third kappa shape index (κ3) is 2.29. The van der Waals surface area contributed by atoms with Crippen molar-refractivity contribution in [3.05, 3.63) is 0 Å². The van der Waals surface area contributed by atoms with Gasteiger partial charge in [0.1, 0.15) is 0 Å². The van der Waals surface area contributed by atoms with Gasteiger partial charge in [-0.1, -0.05) is 11.8 Å². The summed E-state index contributed by atoms with van der Waals surface area (Å²) in [4.78, 5) is 11.0. The van der Waals surface area contributed by atoms with Gasteiger partial charge in [0.2, 0.25) is 0 Å². The van der Waals surface area contributed by atoms with Crippen molar-refractivity contribution >= 4 is 5.97 Å². The molecule has 0 N–H and O–H groups in total. The van der Waals surface area contributed by atoms with Crippen LogP contribution in [0.4, 0.5) is 0 Å². The lowest BCUT2D eigenvalue weighted by Gasteiger charge is -2.21. The normalized spacial score (nSPS) is 23.8. The predicted octanol–water partition coefficient (Wildman–Crippen LogP) is 2.28. The summed E-state index contributed by atoms with van der Waals surface area (Å²) in [7, 11) is 0. The Morgan fingerprint density at radius 2 is 2.00 bits per heavy atom. The van der Waals surface area contributed by atoms with Crippen LogP contribution in [-0.4, -0.2) is 11.6 Å². The lowest BCUT2D eigenvalue weighted by atomic mass is 10.0. The maximum absolute atomic E-state index is 11.0. The number of hydrogen-bond acceptors (Lipinski definition) is 2. The van der Waals surface area contributed by atoms with Crippen LogP contribution in [0.1, 0.15) is 45.4 Å². The summed E-state index contributed by atoms with van der Waals surface area (Å²) in [6, 6.07) is 0. The fraction of sp³-hybridized carbons (Fsp3) is 0.750. The zero-order chi connectivity index (χ0) is 10.0. The molecular weight excluding hydrogens is 176 g/mol. The van der Waals surface area contributed by atoms with Gasteiger partial charge in [0, 0.05) is 12.8 Å². The molecule has 2 heteroatoms. The molecule has 0 heterocycles. The van der Waals surface area contributed by atoms with Gasteiger partial charge in [0.25, 0.3) is 0 Å². The minimum absolute atomic E-state index is 0.197. The van der Waals surface area contributed by atoms with Crippen LogP contribution in [0, 0.1) is 17.8 Å². The minimum atomic E-state index is -0.422. The highest BCUT2D eigenvalue weighted by molar-refractivity contribution is 5.67. The van der Waals surface area contributed by atoms with Crippen LogP contribution in [0.3, 0.4) is 0 Å². The highest BCUT2D eigenvalue weighted by atomic mass is 16.6. The number of carbonyl (C=O) groups is 1. The molecule has 0 aliphatic heterocycles. The Balaban J connectivity index is 2.05. The van der Waals surface area contributed by atoms with Crippen LogP contribution in [0.2, 0.25) is 0 Å². The lowest BCUT2D eigenvalue weighted by Crippen LogP contribution is -2.29. The Bertz CT molecular complexity index is 285. The summed E-state index contributed by atoms with van der Waals surface area (Å²) in [5.41, 5.74) is -0.422. The van der Waals surface area contributed by atoms with E-state index in [0.29, 0.717) is 5.92 Å². The summed E-state index contributed by atoms with van der Waals surface area (Å²) in [5, 5.41) is 0. The Morgan fingerprint density at radius 3 is 2.50 bits per heavy atom. The molecule has 2 aliphatic rings. The maximum atomic E-state index is 11.0. The van der Waals surface area contributed by atoms with E-state index in [1.165, 1.54) is 19.8 Å². The van der Waals surface area contributed by atoms with Gasteiger partial charge in [-0.05, 0) is 38.5 Å². The van der Waals surface area contributed by atoms with Gasteiger partial charge in [-0.2, -0.15) is 0 Å². The lowest BCUT2D eigenvalue weighted by molar-refractivity contribution is -0.151. The second kappa shape index (κ2) is 3.65. The van der Waals surface area contributed by atoms with Crippen LogP contribution in [0.25, 0.3) is 0 Å². The second-order valence-electron chi connectivity index (χ2n) is 4.34. The van der Waals surface area contributed by atoms with Gasteiger partial charge in [-0.3, -0.25) is 4.79 Å². The zero-order valence-corrected chi connectivity index (χ0v) is 8.64. The van der Waals surface area contributed by atoms with Crippen molar-refractivity contribution in [2.45, 2.75) is 51.0 Å². The van der Waals surface area contributed by atoms with Crippen molar-refractivity contribution in [3.8, 4) is 11.8 Å². The SMILES string of the molecule is CC(=O)OC1(C#CC2CC2)CCCC1. The molecule has 2 fully saturated rings. The average Bonchev–Trinajstić information content (AvgIpc) is 2.85. The molecule has 0 unspecified atom stereocenters. The van der Waals surface area contributed by atoms with E-state index in [2.05, 4.69) is 11.8 Å². The standard InChI is InChI=1S/C12H16O2/c1-10(13)14-12(7-2-3-8-12)9-6-11-4-5-11/h11H,2-5,7-8H2,1H3. The van der Waals surface area contributed by atoms with E-state index in [0.717, 1.165) is 25.7 Å². The molecule has 2 aliphatic carbocycles. The van der Waals surface area contributed by atoms with Gasteiger partial charge in [0.15, 0.2) is 5.60 Å². The molecule has 0 radical (unpaired) electrons. The van der Waals surface area contributed by atoms with Crippen molar-refractivity contribution in [3.63, 3.8) is 0 Å². The van der Waals surface area contributed by atoms with Gasteiger partial charge in [0.05, 0.1) is 0 Å². The molecule has 0 bridgehead atoms. The molecule has 0 amide bonds. The van der Waals surface area contributed by atoms with Crippen LogP contribution >= 0.6 is 0 Å². The van der Waals surface area contributed by atoms with Gasteiger partial charge < -0.3 is 4.74 Å². The summed E-state index contributed by atoms with van der Waals surface area (Å²) < 4.78 is 5.36. The third-order valence-corrected chi connectivity index (χ3v) is 2.83. The first-order valence-electron chi connectivity index (χ1n) is 5.42. The average molecular weight is 192 g/mol. The van der Waals surface area contributed by atoms with Crippen molar-refractivity contribution in [1.29, 1.82) is 0 Å². The highest BCUT2D eigenvalue weighted by Crippen LogP contribution is 2.34. The molecule has 2 nitrogen and oxygen atoms in total. The van der Waals surface area contributed by atoms with E-state index >= 15 is 0 Å². The number of esters is 1. The quantitative estimate of drug-likeness (QED) is 0.470. The molecule has 2 saturated carbocycles. The summed E-state index contributed by atoms with van der Waals surface area (Å²) in [5.74, 6) is 6.80. The van der Waals surface area contributed by atoms with Crippen LogP contribution < -0.4 is 0 Å². The third-order valence-electron chi connectivity index (χ3n) is 2.83. The van der Waals surface area contributed by atoms with E-state index in [1.807, 2.05) is 0 Å². The number of ether oxygens (including phenoxy) is 1. The largest absolute Gasteiger partial charge is 0.446 e. The van der Waals surface area contributed by atoms with Crippen molar-refractivity contribution < 1.29 is 9.53 Å². The van der Waals surface area contributed by atoms with Gasteiger partial charge in [-0.15, -0.1) is 0 Å².